The van der Waals surface area contributed by atoms with E-state index in [-0.39, 0.29) is 11.5 Å². The molecule has 1 aromatic carbocycles. The van der Waals surface area contributed by atoms with Gasteiger partial charge in [-0.2, -0.15) is 5.26 Å². The summed E-state index contributed by atoms with van der Waals surface area (Å²) in [6, 6.07) is 5.25. The fourth-order valence-electron chi connectivity index (χ4n) is 1.80. The number of nitrogens with one attached hydrogen (secondary N) is 1. The second-order valence-corrected chi connectivity index (χ2v) is 6.17. The highest BCUT2D eigenvalue weighted by Gasteiger charge is 2.23. The van der Waals surface area contributed by atoms with Crippen LogP contribution in [-0.4, -0.2) is 10.9 Å². The van der Waals surface area contributed by atoms with Crippen LogP contribution >= 0.6 is 11.6 Å². The molecule has 2 aromatic rings. The number of nitrogens with two attached hydrogens (primary N) is 1. The predicted octanol–water partition coefficient (Wildman–Crippen LogP) is 3.33. The number of anilines is 2. The smallest absolute Gasteiger partial charge is 0.229 e. The minimum atomic E-state index is -0.591. The molecule has 0 unspecified atom stereocenters. The molecule has 1 amide bonds. The van der Waals surface area contributed by atoms with Crippen molar-refractivity contribution in [1.82, 2.24) is 4.98 Å². The Kier molecular flexibility index (Phi) is 3.75. The third-order valence-electron chi connectivity index (χ3n) is 2.99. The zero-order chi connectivity index (χ0) is 15.8. The molecule has 0 spiro atoms. The quantitative estimate of drug-likeness (QED) is 0.790. The molecule has 1 heterocycles. The van der Waals surface area contributed by atoms with Gasteiger partial charge in [0.15, 0.2) is 0 Å². The van der Waals surface area contributed by atoms with Gasteiger partial charge in [0.1, 0.15) is 6.07 Å². The van der Waals surface area contributed by atoms with Gasteiger partial charge in [0.25, 0.3) is 0 Å². The standard InChI is InChI=1S/C15H15ClN4O/c1-15(2,3)14(21)20-12-8(6-17)7-19-13-10(12)4-9(18)5-11(13)16/h4-5,7H,18H2,1-3H3,(H,19,20,21). The number of nitriles is 1. The minimum Gasteiger partial charge on any atom is -0.399 e. The average Bonchev–Trinajstić information content (AvgIpc) is 2.38. The second-order valence-electron chi connectivity index (χ2n) is 5.76. The zero-order valence-corrected chi connectivity index (χ0v) is 12.7. The number of nitrogen functional groups attached to an aromatic ring is 1. The van der Waals surface area contributed by atoms with Gasteiger partial charge in [-0.25, -0.2) is 0 Å². The second kappa shape index (κ2) is 5.23. The van der Waals surface area contributed by atoms with Crippen LogP contribution in [0.4, 0.5) is 11.4 Å². The molecule has 3 N–H and O–H groups in total. The van der Waals surface area contributed by atoms with Crippen molar-refractivity contribution < 1.29 is 4.79 Å². The number of hydrogen-bond donors (Lipinski definition) is 2. The molecule has 0 radical (unpaired) electrons. The summed E-state index contributed by atoms with van der Waals surface area (Å²) in [4.78, 5) is 16.4. The van der Waals surface area contributed by atoms with E-state index in [9.17, 15) is 10.1 Å². The van der Waals surface area contributed by atoms with Crippen LogP contribution in [-0.2, 0) is 4.79 Å². The summed E-state index contributed by atoms with van der Waals surface area (Å²) in [6.07, 6.45) is 1.39. The lowest BCUT2D eigenvalue weighted by molar-refractivity contribution is -0.123. The van der Waals surface area contributed by atoms with Crippen LogP contribution in [0.2, 0.25) is 5.02 Å². The summed E-state index contributed by atoms with van der Waals surface area (Å²) in [6.45, 7) is 5.37. The first kappa shape index (κ1) is 15.1. The van der Waals surface area contributed by atoms with Gasteiger partial charge >= 0.3 is 0 Å². The lowest BCUT2D eigenvalue weighted by Gasteiger charge is -2.19. The lowest BCUT2D eigenvalue weighted by Crippen LogP contribution is -2.28. The van der Waals surface area contributed by atoms with Crippen LogP contribution in [0, 0.1) is 16.7 Å². The molecule has 5 nitrogen and oxygen atoms in total. The van der Waals surface area contributed by atoms with Gasteiger partial charge in [-0.3, -0.25) is 9.78 Å². The van der Waals surface area contributed by atoms with Gasteiger partial charge in [-0.05, 0) is 12.1 Å². The molecule has 0 saturated heterocycles. The van der Waals surface area contributed by atoms with Gasteiger partial charge in [-0.1, -0.05) is 32.4 Å². The number of benzene rings is 1. The van der Waals surface area contributed by atoms with Crippen LogP contribution in [0.25, 0.3) is 10.9 Å². The first-order valence-electron chi connectivity index (χ1n) is 6.33. The van der Waals surface area contributed by atoms with Crippen molar-refractivity contribution in [2.45, 2.75) is 20.8 Å². The Labute approximate surface area is 127 Å². The van der Waals surface area contributed by atoms with E-state index in [4.69, 9.17) is 17.3 Å². The Morgan fingerprint density at radius 3 is 2.67 bits per heavy atom. The Balaban J connectivity index is 2.70. The molecule has 1 aromatic heterocycles. The van der Waals surface area contributed by atoms with Crippen molar-refractivity contribution in [2.24, 2.45) is 5.41 Å². The third kappa shape index (κ3) is 2.91. The highest BCUT2D eigenvalue weighted by atomic mass is 35.5. The Bertz CT molecular complexity index is 772. The normalized spacial score (nSPS) is 11.2. The minimum absolute atomic E-state index is 0.204. The van der Waals surface area contributed by atoms with Crippen molar-refractivity contribution in [2.75, 3.05) is 11.1 Å². The maximum absolute atomic E-state index is 12.2. The number of hydrogen-bond acceptors (Lipinski definition) is 4. The molecule has 108 valence electrons. The average molecular weight is 303 g/mol. The number of halogens is 1. The summed E-state index contributed by atoms with van der Waals surface area (Å²) in [5.41, 5.74) is 6.79. The highest BCUT2D eigenvalue weighted by molar-refractivity contribution is 6.36. The number of fused-ring (bicyclic) bond motifs is 1. The first-order chi connectivity index (χ1) is 9.74. The van der Waals surface area contributed by atoms with Crippen molar-refractivity contribution in [3.63, 3.8) is 0 Å². The van der Waals surface area contributed by atoms with E-state index >= 15 is 0 Å². The Morgan fingerprint density at radius 2 is 2.10 bits per heavy atom. The molecule has 6 heteroatoms. The van der Waals surface area contributed by atoms with Crippen LogP contribution in [0.5, 0.6) is 0 Å². The molecular formula is C15H15ClN4O. The monoisotopic (exact) mass is 302 g/mol. The van der Waals surface area contributed by atoms with E-state index in [0.29, 0.717) is 27.3 Å². The molecule has 0 fully saturated rings. The number of pyridine rings is 1. The van der Waals surface area contributed by atoms with Crippen molar-refractivity contribution >= 4 is 39.8 Å². The van der Waals surface area contributed by atoms with Crippen LogP contribution in [0.3, 0.4) is 0 Å². The van der Waals surface area contributed by atoms with Crippen LogP contribution < -0.4 is 11.1 Å². The molecule has 21 heavy (non-hydrogen) atoms. The Hall–Kier alpha value is -2.32. The molecular weight excluding hydrogens is 288 g/mol. The fourth-order valence-corrected chi connectivity index (χ4v) is 2.08. The Morgan fingerprint density at radius 1 is 1.43 bits per heavy atom. The van der Waals surface area contributed by atoms with Gasteiger partial charge < -0.3 is 11.1 Å². The number of carbonyl (C=O) groups is 1. The van der Waals surface area contributed by atoms with E-state index in [1.54, 1.807) is 32.9 Å². The summed E-state index contributed by atoms with van der Waals surface area (Å²) >= 11 is 6.12. The van der Waals surface area contributed by atoms with E-state index in [1.807, 2.05) is 6.07 Å². The van der Waals surface area contributed by atoms with Gasteiger partial charge in [0, 0.05) is 22.7 Å². The van der Waals surface area contributed by atoms with Crippen LogP contribution in [0.1, 0.15) is 26.3 Å². The molecule has 2 rings (SSSR count). The topological polar surface area (TPSA) is 91.8 Å². The van der Waals surface area contributed by atoms with Crippen molar-refractivity contribution in [3.05, 3.63) is 28.9 Å². The maximum Gasteiger partial charge on any atom is 0.229 e. The number of amides is 1. The number of aromatic nitrogens is 1. The highest BCUT2D eigenvalue weighted by Crippen LogP contribution is 2.33. The SMILES string of the molecule is CC(C)(C)C(=O)Nc1c(C#N)cnc2c(Cl)cc(N)cc12. The number of rotatable bonds is 1. The molecule has 0 atom stereocenters. The van der Waals surface area contributed by atoms with E-state index < -0.39 is 5.41 Å². The van der Waals surface area contributed by atoms with Crippen molar-refractivity contribution in [3.8, 4) is 6.07 Å². The summed E-state index contributed by atoms with van der Waals surface area (Å²) in [5, 5.41) is 12.9. The lowest BCUT2D eigenvalue weighted by atomic mass is 9.95. The largest absolute Gasteiger partial charge is 0.399 e. The first-order valence-corrected chi connectivity index (χ1v) is 6.71. The third-order valence-corrected chi connectivity index (χ3v) is 3.28. The van der Waals surface area contributed by atoms with Crippen molar-refractivity contribution in [1.29, 1.82) is 5.26 Å². The molecule has 0 aliphatic rings. The predicted molar refractivity (Wildman–Crippen MR) is 84.0 cm³/mol. The number of nitrogens with zero attached hydrogens (tertiary/aromatic N) is 2. The molecule has 0 saturated carbocycles. The van der Waals surface area contributed by atoms with Gasteiger partial charge in [-0.15, -0.1) is 0 Å². The van der Waals surface area contributed by atoms with Gasteiger partial charge in [0.05, 0.1) is 21.8 Å². The fraction of sp³-hybridized carbons (Fsp3) is 0.267. The summed E-state index contributed by atoms with van der Waals surface area (Å²) in [5.74, 6) is -0.204. The van der Waals surface area contributed by atoms with E-state index in [2.05, 4.69) is 10.3 Å². The maximum atomic E-state index is 12.2. The van der Waals surface area contributed by atoms with E-state index in [1.165, 1.54) is 6.20 Å². The summed E-state index contributed by atoms with van der Waals surface area (Å²) < 4.78 is 0. The molecule has 0 aliphatic heterocycles. The van der Waals surface area contributed by atoms with E-state index in [0.717, 1.165) is 0 Å². The van der Waals surface area contributed by atoms with Gasteiger partial charge in [0.2, 0.25) is 5.91 Å². The zero-order valence-electron chi connectivity index (χ0n) is 12.0. The summed E-state index contributed by atoms with van der Waals surface area (Å²) in [7, 11) is 0. The number of carbonyl (C=O) groups excluding carboxylic acids is 1. The molecule has 0 bridgehead atoms. The molecule has 0 aliphatic carbocycles. The van der Waals surface area contributed by atoms with Crippen LogP contribution in [0.15, 0.2) is 18.3 Å².